The van der Waals surface area contributed by atoms with Crippen LogP contribution in [0.2, 0.25) is 0 Å². The highest BCUT2D eigenvalue weighted by atomic mass is 16.2. The Morgan fingerprint density at radius 1 is 1.43 bits per heavy atom. The van der Waals surface area contributed by atoms with Crippen molar-refractivity contribution < 1.29 is 9.59 Å². The highest BCUT2D eigenvalue weighted by molar-refractivity contribution is 5.88. The minimum atomic E-state index is -0.475. The highest BCUT2D eigenvalue weighted by Crippen LogP contribution is 2.17. The maximum Gasteiger partial charge on any atom is 0.317 e. The van der Waals surface area contributed by atoms with E-state index in [1.165, 1.54) is 4.90 Å². The summed E-state index contributed by atoms with van der Waals surface area (Å²) in [5, 5.41) is 11.3. The average Bonchev–Trinajstić information content (AvgIpc) is 3.01. The molecule has 1 unspecified atom stereocenters. The Morgan fingerprint density at radius 2 is 2.24 bits per heavy atom. The zero-order chi connectivity index (χ0) is 15.2. The Labute approximate surface area is 122 Å². The zero-order valence-electron chi connectivity index (χ0n) is 11.7. The van der Waals surface area contributed by atoms with Gasteiger partial charge < -0.3 is 10.2 Å². The number of amides is 3. The van der Waals surface area contributed by atoms with Gasteiger partial charge in [0, 0.05) is 13.6 Å². The number of benzene rings is 1. The van der Waals surface area contributed by atoms with Crippen LogP contribution in [0.25, 0.3) is 0 Å². The van der Waals surface area contributed by atoms with Crippen molar-refractivity contribution in [2.24, 2.45) is 0 Å². The van der Waals surface area contributed by atoms with Crippen LogP contribution in [0, 0.1) is 11.3 Å². The maximum absolute atomic E-state index is 12.1. The standard InChI is InChI=1S/C14H17N5O2/c1-16-14(21)19-7-3-6-12(19)13(20)18-17-11-5-2-4-10(8-11)9-15/h2,4-5,8,12,17H,3,6-7H2,1H3,(H,16,21)(H,18,20). The van der Waals surface area contributed by atoms with Crippen LogP contribution in [-0.4, -0.2) is 36.5 Å². The first-order valence-electron chi connectivity index (χ1n) is 6.70. The summed E-state index contributed by atoms with van der Waals surface area (Å²) in [7, 11) is 1.54. The molecule has 0 aromatic heterocycles. The average molecular weight is 287 g/mol. The molecule has 0 spiro atoms. The molecule has 0 aliphatic carbocycles. The summed E-state index contributed by atoms with van der Waals surface area (Å²) in [4.78, 5) is 25.3. The third kappa shape index (κ3) is 3.42. The summed E-state index contributed by atoms with van der Waals surface area (Å²) in [6.07, 6.45) is 1.44. The molecule has 1 aliphatic heterocycles. The Bertz CT molecular complexity index is 581. The Kier molecular flexibility index (Phi) is 4.61. The van der Waals surface area contributed by atoms with Gasteiger partial charge in [0.1, 0.15) is 6.04 Å². The fourth-order valence-corrected chi connectivity index (χ4v) is 2.31. The van der Waals surface area contributed by atoms with E-state index in [1.54, 1.807) is 31.3 Å². The predicted octanol–water partition coefficient (Wildman–Crippen LogP) is 0.805. The summed E-state index contributed by atoms with van der Waals surface area (Å²) >= 11 is 0. The normalized spacial score (nSPS) is 17.0. The van der Waals surface area contributed by atoms with Crippen LogP contribution in [-0.2, 0) is 4.79 Å². The first kappa shape index (κ1) is 14.7. The monoisotopic (exact) mass is 287 g/mol. The van der Waals surface area contributed by atoms with Crippen LogP contribution in [0.3, 0.4) is 0 Å². The van der Waals surface area contributed by atoms with Crippen molar-refractivity contribution >= 4 is 17.6 Å². The molecule has 21 heavy (non-hydrogen) atoms. The number of rotatable bonds is 3. The minimum absolute atomic E-state index is 0.251. The third-order valence-corrected chi connectivity index (χ3v) is 3.35. The number of hydrazine groups is 1. The lowest BCUT2D eigenvalue weighted by molar-refractivity contribution is -0.124. The van der Waals surface area contributed by atoms with E-state index in [0.29, 0.717) is 24.2 Å². The van der Waals surface area contributed by atoms with Crippen LogP contribution in [0.4, 0.5) is 10.5 Å². The van der Waals surface area contributed by atoms with Crippen LogP contribution in [0.1, 0.15) is 18.4 Å². The molecule has 3 N–H and O–H groups in total. The molecule has 0 saturated carbocycles. The van der Waals surface area contributed by atoms with Gasteiger partial charge in [-0.1, -0.05) is 6.07 Å². The lowest BCUT2D eigenvalue weighted by atomic mass is 10.2. The molecule has 1 aromatic carbocycles. The van der Waals surface area contributed by atoms with Crippen LogP contribution < -0.4 is 16.2 Å². The smallest absolute Gasteiger partial charge is 0.317 e. The van der Waals surface area contributed by atoms with Gasteiger partial charge in [-0.2, -0.15) is 5.26 Å². The van der Waals surface area contributed by atoms with Gasteiger partial charge in [0.2, 0.25) is 0 Å². The molecule has 1 saturated heterocycles. The number of nitrogens with zero attached hydrogens (tertiary/aromatic N) is 2. The maximum atomic E-state index is 12.1. The van der Waals surface area contributed by atoms with E-state index in [4.69, 9.17) is 5.26 Å². The lowest BCUT2D eigenvalue weighted by Crippen LogP contribution is -2.49. The topological polar surface area (TPSA) is 97.3 Å². The molecular weight excluding hydrogens is 270 g/mol. The molecule has 0 bridgehead atoms. The molecule has 1 atom stereocenters. The number of hydrogen-bond donors (Lipinski definition) is 3. The van der Waals surface area contributed by atoms with Gasteiger partial charge in [-0.05, 0) is 31.0 Å². The Hall–Kier alpha value is -2.75. The van der Waals surface area contributed by atoms with E-state index >= 15 is 0 Å². The number of carbonyl (C=O) groups excluding carboxylic acids is 2. The number of anilines is 1. The number of urea groups is 1. The second kappa shape index (κ2) is 6.61. The van der Waals surface area contributed by atoms with Gasteiger partial charge in [0.15, 0.2) is 0 Å². The SMILES string of the molecule is CNC(=O)N1CCCC1C(=O)NNc1cccc(C#N)c1. The number of likely N-dealkylation sites (tertiary alicyclic amines) is 1. The summed E-state index contributed by atoms with van der Waals surface area (Å²) in [6, 6.07) is 8.07. The summed E-state index contributed by atoms with van der Waals surface area (Å²) in [5.41, 5.74) is 6.47. The third-order valence-electron chi connectivity index (χ3n) is 3.35. The molecule has 110 valence electrons. The summed E-state index contributed by atoms with van der Waals surface area (Å²) in [5.74, 6) is -0.265. The zero-order valence-corrected chi connectivity index (χ0v) is 11.7. The molecule has 0 radical (unpaired) electrons. The van der Waals surface area contributed by atoms with Crippen molar-refractivity contribution in [3.05, 3.63) is 29.8 Å². The van der Waals surface area contributed by atoms with Crippen molar-refractivity contribution in [3.63, 3.8) is 0 Å². The Balaban J connectivity index is 1.95. The van der Waals surface area contributed by atoms with E-state index in [1.807, 2.05) is 6.07 Å². The van der Waals surface area contributed by atoms with Gasteiger partial charge in [0.25, 0.3) is 5.91 Å². The van der Waals surface area contributed by atoms with Crippen LogP contribution in [0.5, 0.6) is 0 Å². The van der Waals surface area contributed by atoms with E-state index in [9.17, 15) is 9.59 Å². The first-order valence-corrected chi connectivity index (χ1v) is 6.70. The van der Waals surface area contributed by atoms with E-state index in [-0.39, 0.29) is 11.9 Å². The van der Waals surface area contributed by atoms with Crippen molar-refractivity contribution in [2.75, 3.05) is 19.0 Å². The van der Waals surface area contributed by atoms with Crippen molar-refractivity contribution in [2.45, 2.75) is 18.9 Å². The minimum Gasteiger partial charge on any atom is -0.341 e. The predicted molar refractivity (Wildman–Crippen MR) is 77.1 cm³/mol. The van der Waals surface area contributed by atoms with E-state index in [0.717, 1.165) is 6.42 Å². The fraction of sp³-hybridized carbons (Fsp3) is 0.357. The number of nitrogens with one attached hydrogen (secondary N) is 3. The molecule has 1 heterocycles. The molecule has 3 amide bonds. The number of carbonyl (C=O) groups is 2. The quantitative estimate of drug-likeness (QED) is 0.716. The van der Waals surface area contributed by atoms with Gasteiger partial charge >= 0.3 is 6.03 Å². The fourth-order valence-electron chi connectivity index (χ4n) is 2.31. The molecule has 7 nitrogen and oxygen atoms in total. The second-order valence-corrected chi connectivity index (χ2v) is 4.71. The number of nitriles is 1. The van der Waals surface area contributed by atoms with Crippen molar-refractivity contribution in [1.29, 1.82) is 5.26 Å². The van der Waals surface area contributed by atoms with Gasteiger partial charge in [-0.15, -0.1) is 0 Å². The van der Waals surface area contributed by atoms with Crippen molar-refractivity contribution in [3.8, 4) is 6.07 Å². The van der Waals surface area contributed by atoms with Gasteiger partial charge in [0.05, 0.1) is 17.3 Å². The largest absolute Gasteiger partial charge is 0.341 e. The molecular formula is C14H17N5O2. The van der Waals surface area contributed by atoms with Gasteiger partial charge in [-0.3, -0.25) is 15.6 Å². The van der Waals surface area contributed by atoms with Crippen LogP contribution >= 0.6 is 0 Å². The van der Waals surface area contributed by atoms with Crippen molar-refractivity contribution in [1.82, 2.24) is 15.6 Å². The summed E-state index contributed by atoms with van der Waals surface area (Å²) < 4.78 is 0. The Morgan fingerprint density at radius 3 is 2.95 bits per heavy atom. The summed E-state index contributed by atoms with van der Waals surface area (Å²) in [6.45, 7) is 0.571. The molecule has 7 heteroatoms. The van der Waals surface area contributed by atoms with E-state index in [2.05, 4.69) is 16.2 Å². The molecule has 1 aromatic rings. The van der Waals surface area contributed by atoms with Gasteiger partial charge in [-0.25, -0.2) is 4.79 Å². The molecule has 1 aliphatic rings. The number of hydrogen-bond acceptors (Lipinski definition) is 4. The molecule has 1 fully saturated rings. The lowest BCUT2D eigenvalue weighted by Gasteiger charge is -2.23. The molecule has 2 rings (SSSR count). The first-order chi connectivity index (χ1) is 10.2. The van der Waals surface area contributed by atoms with Crippen LogP contribution in [0.15, 0.2) is 24.3 Å². The van der Waals surface area contributed by atoms with E-state index < -0.39 is 6.04 Å². The highest BCUT2D eigenvalue weighted by Gasteiger charge is 2.33. The second-order valence-electron chi connectivity index (χ2n) is 4.71.